The Morgan fingerprint density at radius 2 is 1.98 bits per heavy atom. The molecule has 0 radical (unpaired) electrons. The van der Waals surface area contributed by atoms with Gasteiger partial charge < -0.3 is 41.0 Å². The molecule has 2 aromatic rings. The molecule has 3 saturated heterocycles. The van der Waals surface area contributed by atoms with Gasteiger partial charge >= 0.3 is 6.09 Å². The molecule has 15 heteroatoms. The number of imidazole rings is 1. The highest BCUT2D eigenvalue weighted by atomic mass is 16.6. The van der Waals surface area contributed by atoms with E-state index in [4.69, 9.17) is 15.2 Å². The van der Waals surface area contributed by atoms with Crippen LogP contribution in [0.1, 0.15) is 44.2 Å². The van der Waals surface area contributed by atoms with E-state index in [9.17, 15) is 24.6 Å². The number of nitrogen functional groups attached to an aromatic ring is 1. The summed E-state index contributed by atoms with van der Waals surface area (Å²) in [6.45, 7) is 1.74. The molecular formula is C26H32N8O7. The van der Waals surface area contributed by atoms with Gasteiger partial charge in [0.25, 0.3) is 5.91 Å². The lowest BCUT2D eigenvalue weighted by Gasteiger charge is -2.31. The van der Waals surface area contributed by atoms with Crippen molar-refractivity contribution >= 4 is 34.9 Å². The SMILES string of the molecule is Nc1nc(C#CCC2CCN(C(=O)OCC3CNC3=O)CC2)nc2c1ncn2[C@@H]1O[C@H](C(=O)NC2CC2)C(O)[C@@H]1O. The average Bonchev–Trinajstić information content (AvgIpc) is 3.59. The van der Waals surface area contributed by atoms with Crippen LogP contribution in [0.15, 0.2) is 6.33 Å². The van der Waals surface area contributed by atoms with Crippen LogP contribution >= 0.6 is 0 Å². The number of aliphatic hydroxyl groups excluding tert-OH is 2. The van der Waals surface area contributed by atoms with Crippen LogP contribution in [0.3, 0.4) is 0 Å². The zero-order valence-electron chi connectivity index (χ0n) is 22.2. The van der Waals surface area contributed by atoms with Gasteiger partial charge in [0.2, 0.25) is 11.7 Å². The number of rotatable bonds is 6. The topological polar surface area (TPSA) is 207 Å². The Morgan fingerprint density at radius 3 is 2.66 bits per heavy atom. The summed E-state index contributed by atoms with van der Waals surface area (Å²) in [6, 6.07) is 0.0777. The summed E-state index contributed by atoms with van der Waals surface area (Å²) < 4.78 is 12.4. The van der Waals surface area contributed by atoms with Crippen LogP contribution in [0, 0.1) is 23.7 Å². The van der Waals surface area contributed by atoms with Crippen molar-refractivity contribution < 1.29 is 34.1 Å². The Kier molecular flexibility index (Phi) is 7.37. The number of nitrogens with two attached hydrogens (primary N) is 1. The van der Waals surface area contributed by atoms with Crippen molar-refractivity contribution in [2.75, 3.05) is 32.0 Å². The fraction of sp³-hybridized carbons (Fsp3) is 0.615. The smallest absolute Gasteiger partial charge is 0.409 e. The van der Waals surface area contributed by atoms with Gasteiger partial charge in [0.1, 0.15) is 24.3 Å². The number of aliphatic hydroxyl groups is 2. The van der Waals surface area contributed by atoms with Gasteiger partial charge in [-0.05, 0) is 37.5 Å². The van der Waals surface area contributed by atoms with E-state index in [2.05, 4.69) is 37.4 Å². The quantitative estimate of drug-likeness (QED) is 0.203. The van der Waals surface area contributed by atoms with Gasteiger partial charge in [-0.3, -0.25) is 14.2 Å². The van der Waals surface area contributed by atoms with Gasteiger partial charge in [0, 0.05) is 32.1 Å². The molecule has 2 unspecified atom stereocenters. The van der Waals surface area contributed by atoms with Crippen LogP contribution < -0.4 is 16.4 Å². The molecule has 41 heavy (non-hydrogen) atoms. The molecule has 15 nitrogen and oxygen atoms in total. The number of hydrogen-bond acceptors (Lipinski definition) is 11. The van der Waals surface area contributed by atoms with Crippen molar-refractivity contribution in [1.29, 1.82) is 0 Å². The van der Waals surface area contributed by atoms with E-state index >= 15 is 0 Å². The molecular weight excluding hydrogens is 536 g/mol. The molecule has 5 atom stereocenters. The minimum absolute atomic E-state index is 0.0777. The third-order valence-corrected chi connectivity index (χ3v) is 7.91. The number of nitrogens with one attached hydrogen (secondary N) is 2. The molecule has 1 aliphatic carbocycles. The molecule has 3 aliphatic heterocycles. The van der Waals surface area contributed by atoms with Gasteiger partial charge in [-0.15, -0.1) is 0 Å². The van der Waals surface area contributed by atoms with E-state index < -0.39 is 36.5 Å². The maximum Gasteiger partial charge on any atom is 0.409 e. The van der Waals surface area contributed by atoms with Crippen molar-refractivity contribution in [1.82, 2.24) is 35.1 Å². The number of amides is 3. The molecule has 4 aliphatic rings. The largest absolute Gasteiger partial charge is 0.448 e. The van der Waals surface area contributed by atoms with E-state index in [1.54, 1.807) is 4.90 Å². The first-order chi connectivity index (χ1) is 19.8. The number of carbonyl (C=O) groups is 3. The van der Waals surface area contributed by atoms with Crippen molar-refractivity contribution in [3.63, 3.8) is 0 Å². The lowest BCUT2D eigenvalue weighted by atomic mass is 9.94. The Balaban J connectivity index is 1.07. The van der Waals surface area contributed by atoms with E-state index in [-0.39, 0.29) is 53.2 Å². The summed E-state index contributed by atoms with van der Waals surface area (Å²) in [4.78, 5) is 50.6. The summed E-state index contributed by atoms with van der Waals surface area (Å²) in [5.74, 6) is 5.76. The van der Waals surface area contributed by atoms with Crippen molar-refractivity contribution in [3.05, 3.63) is 12.2 Å². The summed E-state index contributed by atoms with van der Waals surface area (Å²) in [5.41, 5.74) is 6.65. The molecule has 6 N–H and O–H groups in total. The summed E-state index contributed by atoms with van der Waals surface area (Å²) >= 11 is 0. The van der Waals surface area contributed by atoms with E-state index in [0.29, 0.717) is 26.1 Å². The average molecular weight is 569 g/mol. The minimum Gasteiger partial charge on any atom is -0.448 e. The number of ether oxygens (including phenoxy) is 2. The predicted molar refractivity (Wildman–Crippen MR) is 140 cm³/mol. The first-order valence-corrected chi connectivity index (χ1v) is 13.8. The fourth-order valence-corrected chi connectivity index (χ4v) is 5.12. The molecule has 4 fully saturated rings. The first-order valence-electron chi connectivity index (χ1n) is 13.8. The van der Waals surface area contributed by atoms with Crippen LogP contribution in [0.5, 0.6) is 0 Å². The lowest BCUT2D eigenvalue weighted by Crippen LogP contribution is -2.51. The number of nitrogens with zero attached hydrogens (tertiary/aromatic N) is 5. The Morgan fingerprint density at radius 1 is 1.20 bits per heavy atom. The Hall–Kier alpha value is -4.00. The monoisotopic (exact) mass is 568 g/mol. The standard InChI is InChI=1S/C26H32N8O7/c27-21-17-22(34(12-29-17)25-19(36)18(35)20(41-25)24(38)30-15-4-5-15)32-16(31-21)3-1-2-13-6-8-33(9-7-13)26(39)40-11-14-10-28-23(14)37/h12-15,18-20,25,35-36H,2,4-11H2,(H,28,37)(H,30,38)(H2,27,31,32)/t14?,18?,19-,20-,25+/m0/s1. The molecule has 3 amide bonds. The van der Waals surface area contributed by atoms with Crippen LogP contribution in [-0.4, -0.2) is 103 Å². The molecule has 2 aromatic heterocycles. The van der Waals surface area contributed by atoms with Crippen molar-refractivity contribution in [2.24, 2.45) is 11.8 Å². The lowest BCUT2D eigenvalue weighted by molar-refractivity contribution is -0.137. The summed E-state index contributed by atoms with van der Waals surface area (Å²) in [7, 11) is 0. The molecule has 1 saturated carbocycles. The van der Waals surface area contributed by atoms with Crippen molar-refractivity contribution in [2.45, 2.75) is 62.7 Å². The van der Waals surface area contributed by atoms with Gasteiger partial charge in [-0.1, -0.05) is 5.92 Å². The molecule has 0 aromatic carbocycles. The third kappa shape index (κ3) is 5.63. The number of piperidine rings is 1. The molecule has 0 bridgehead atoms. The second-order valence-electron chi connectivity index (χ2n) is 10.9. The normalized spacial score (nSPS) is 28.0. The van der Waals surface area contributed by atoms with Crippen LogP contribution in [0.2, 0.25) is 0 Å². The van der Waals surface area contributed by atoms with Crippen LogP contribution in [0.4, 0.5) is 10.6 Å². The number of likely N-dealkylation sites (tertiary alicyclic amines) is 1. The highest BCUT2D eigenvalue weighted by molar-refractivity contribution is 5.85. The van der Waals surface area contributed by atoms with E-state index in [0.717, 1.165) is 25.7 Å². The number of hydrogen-bond donors (Lipinski definition) is 5. The fourth-order valence-electron chi connectivity index (χ4n) is 5.12. The number of aromatic nitrogens is 4. The number of carbonyl (C=O) groups excluding carboxylic acids is 3. The highest BCUT2D eigenvalue weighted by Gasteiger charge is 2.48. The van der Waals surface area contributed by atoms with Crippen molar-refractivity contribution in [3.8, 4) is 11.8 Å². The number of anilines is 1. The summed E-state index contributed by atoms with van der Waals surface area (Å²) in [5, 5.41) is 26.5. The molecule has 0 spiro atoms. The molecule has 5 heterocycles. The zero-order valence-corrected chi connectivity index (χ0v) is 22.2. The van der Waals surface area contributed by atoms with Gasteiger partial charge in [0.15, 0.2) is 23.8 Å². The van der Waals surface area contributed by atoms with E-state index in [1.807, 2.05) is 0 Å². The Labute approximate surface area is 234 Å². The molecule has 6 rings (SSSR count). The third-order valence-electron chi connectivity index (χ3n) is 7.91. The van der Waals surface area contributed by atoms with Gasteiger partial charge in [-0.2, -0.15) is 0 Å². The Bertz CT molecular complexity index is 1410. The minimum atomic E-state index is -1.42. The number of fused-ring (bicyclic) bond motifs is 1. The maximum absolute atomic E-state index is 12.5. The second kappa shape index (κ2) is 11.1. The zero-order chi connectivity index (χ0) is 28.7. The highest BCUT2D eigenvalue weighted by Crippen LogP contribution is 2.33. The molecule has 218 valence electrons. The summed E-state index contributed by atoms with van der Waals surface area (Å²) in [6.07, 6.45) is -0.343. The predicted octanol–water partition coefficient (Wildman–Crippen LogP) is -1.36. The number of β-lactam (4-membered cyclic amide) rings is 1. The first kappa shape index (κ1) is 27.2. The van der Waals surface area contributed by atoms with E-state index in [1.165, 1.54) is 10.9 Å². The van der Waals surface area contributed by atoms with Gasteiger partial charge in [-0.25, -0.2) is 19.7 Å². The second-order valence-corrected chi connectivity index (χ2v) is 10.9. The maximum atomic E-state index is 12.5. The van der Waals surface area contributed by atoms with Crippen LogP contribution in [0.25, 0.3) is 11.2 Å². The van der Waals surface area contributed by atoms with Crippen LogP contribution in [-0.2, 0) is 19.1 Å². The van der Waals surface area contributed by atoms with Gasteiger partial charge in [0.05, 0.1) is 12.2 Å².